The van der Waals surface area contributed by atoms with Gasteiger partial charge in [0.05, 0.1) is 33.0 Å². The molecule has 4 N–H and O–H groups in total. The van der Waals surface area contributed by atoms with Crippen LogP contribution in [-0.4, -0.2) is 80.8 Å². The first-order valence-corrected chi connectivity index (χ1v) is 10.5. The van der Waals surface area contributed by atoms with E-state index in [-0.39, 0.29) is 50.3 Å². The van der Waals surface area contributed by atoms with E-state index in [2.05, 4.69) is 10.6 Å². The number of hydrogen-bond donors (Lipinski definition) is 3. The monoisotopic (exact) mass is 448 g/mol. The number of nitrogens with two attached hydrogens (primary N) is 1. The first-order valence-electron chi connectivity index (χ1n) is 10.5. The van der Waals surface area contributed by atoms with Crippen molar-refractivity contribution in [2.45, 2.75) is 25.4 Å². The highest BCUT2D eigenvalue weighted by Crippen LogP contribution is 2.32. The smallest absolute Gasteiger partial charge is 0.255 e. The molecular formula is C21H28N4O7. The summed E-state index contributed by atoms with van der Waals surface area (Å²) in [5.74, 6) is -1.48. The van der Waals surface area contributed by atoms with E-state index in [4.69, 9.17) is 19.9 Å². The van der Waals surface area contributed by atoms with Crippen molar-refractivity contribution in [2.24, 2.45) is 5.73 Å². The second kappa shape index (κ2) is 11.7. The Balaban J connectivity index is 1.46. The van der Waals surface area contributed by atoms with Gasteiger partial charge in [-0.3, -0.25) is 24.5 Å². The van der Waals surface area contributed by atoms with Crippen LogP contribution in [0.2, 0.25) is 0 Å². The van der Waals surface area contributed by atoms with Gasteiger partial charge in [0.25, 0.3) is 5.91 Å². The van der Waals surface area contributed by atoms with Crippen molar-refractivity contribution in [1.29, 1.82) is 0 Å². The molecule has 2 aliphatic heterocycles. The van der Waals surface area contributed by atoms with Crippen molar-refractivity contribution in [3.63, 3.8) is 0 Å². The second-order valence-corrected chi connectivity index (χ2v) is 7.35. The molecule has 174 valence electrons. The Morgan fingerprint density at radius 3 is 2.53 bits per heavy atom. The molecule has 1 unspecified atom stereocenters. The zero-order valence-corrected chi connectivity index (χ0v) is 17.8. The Hall–Kier alpha value is -2.86. The van der Waals surface area contributed by atoms with E-state index in [1.54, 1.807) is 18.2 Å². The van der Waals surface area contributed by atoms with Crippen LogP contribution in [0.25, 0.3) is 0 Å². The van der Waals surface area contributed by atoms with Crippen LogP contribution >= 0.6 is 0 Å². The summed E-state index contributed by atoms with van der Waals surface area (Å²) in [5, 5.41) is 5.03. The number of imide groups is 1. The van der Waals surface area contributed by atoms with Gasteiger partial charge in [-0.1, -0.05) is 6.07 Å². The predicted octanol–water partition coefficient (Wildman–Crippen LogP) is -0.605. The molecule has 11 heteroatoms. The second-order valence-electron chi connectivity index (χ2n) is 7.35. The molecule has 0 saturated carbocycles. The number of rotatable bonds is 12. The number of carbonyl (C=O) groups is 4. The van der Waals surface area contributed by atoms with Gasteiger partial charge in [0.1, 0.15) is 12.6 Å². The molecule has 0 bridgehead atoms. The minimum absolute atomic E-state index is 0.165. The molecule has 11 nitrogen and oxygen atoms in total. The Labute approximate surface area is 185 Å². The molecule has 0 radical (unpaired) electrons. The zero-order chi connectivity index (χ0) is 22.9. The van der Waals surface area contributed by atoms with Gasteiger partial charge < -0.3 is 30.2 Å². The fourth-order valence-corrected chi connectivity index (χ4v) is 3.58. The number of piperidine rings is 1. The topological polar surface area (TPSA) is 149 Å². The van der Waals surface area contributed by atoms with E-state index in [1.807, 2.05) is 0 Å². The average molecular weight is 448 g/mol. The van der Waals surface area contributed by atoms with Gasteiger partial charge in [-0.2, -0.15) is 0 Å². The molecule has 1 fully saturated rings. The van der Waals surface area contributed by atoms with E-state index in [0.29, 0.717) is 49.8 Å². The minimum atomic E-state index is -0.708. The maximum Gasteiger partial charge on any atom is 0.255 e. The molecule has 3 rings (SSSR count). The number of fused-ring (bicyclic) bond motifs is 1. The highest BCUT2D eigenvalue weighted by Gasteiger charge is 2.39. The number of nitrogens with one attached hydrogen (secondary N) is 2. The van der Waals surface area contributed by atoms with Gasteiger partial charge >= 0.3 is 0 Å². The normalized spacial score (nSPS) is 18.0. The highest BCUT2D eigenvalue weighted by molar-refractivity contribution is 6.06. The highest BCUT2D eigenvalue weighted by atomic mass is 16.5. The molecule has 0 aromatic heterocycles. The van der Waals surface area contributed by atoms with Crippen LogP contribution in [0.3, 0.4) is 0 Å². The largest absolute Gasteiger partial charge is 0.378 e. The van der Waals surface area contributed by atoms with Crippen LogP contribution in [0.4, 0.5) is 5.69 Å². The number of benzene rings is 1. The Kier molecular flexibility index (Phi) is 8.68. The number of ether oxygens (including phenoxy) is 3. The van der Waals surface area contributed by atoms with Crippen LogP contribution in [0.15, 0.2) is 18.2 Å². The van der Waals surface area contributed by atoms with Crippen molar-refractivity contribution >= 4 is 29.3 Å². The number of amides is 4. The SMILES string of the molecule is NCCOCCOCCOCC(=O)Nc1cccc2c1CN(C1CCC(=O)NC1=O)C2=O. The molecule has 1 saturated heterocycles. The lowest BCUT2D eigenvalue weighted by Gasteiger charge is -2.29. The molecule has 0 spiro atoms. The molecule has 2 aliphatic rings. The quantitative estimate of drug-likeness (QED) is 0.283. The van der Waals surface area contributed by atoms with Crippen LogP contribution in [0, 0.1) is 0 Å². The third kappa shape index (κ3) is 6.10. The van der Waals surface area contributed by atoms with Crippen molar-refractivity contribution in [1.82, 2.24) is 10.2 Å². The number of hydrogen-bond acceptors (Lipinski definition) is 8. The lowest BCUT2D eigenvalue weighted by atomic mass is 10.0. The summed E-state index contributed by atoms with van der Waals surface area (Å²) < 4.78 is 15.8. The lowest BCUT2D eigenvalue weighted by molar-refractivity contribution is -0.137. The van der Waals surface area contributed by atoms with Crippen molar-refractivity contribution in [3.8, 4) is 0 Å². The standard InChI is InChI=1S/C21H28N4O7/c22-6-7-30-8-9-31-10-11-32-13-19(27)23-16-3-1-2-14-15(16)12-25(21(14)29)17-4-5-18(26)24-20(17)28/h1-3,17H,4-13,22H2,(H,23,27)(H,24,26,28). The molecule has 1 atom stereocenters. The summed E-state index contributed by atoms with van der Waals surface area (Å²) in [6.07, 6.45) is 0.461. The molecule has 2 heterocycles. The Morgan fingerprint density at radius 1 is 1.09 bits per heavy atom. The Bertz CT molecular complexity index is 861. The maximum atomic E-state index is 12.8. The summed E-state index contributed by atoms with van der Waals surface area (Å²) in [4.78, 5) is 50.1. The fourth-order valence-electron chi connectivity index (χ4n) is 3.58. The van der Waals surface area contributed by atoms with Crippen LogP contribution in [0.1, 0.15) is 28.8 Å². The van der Waals surface area contributed by atoms with E-state index < -0.39 is 11.9 Å². The number of carbonyl (C=O) groups excluding carboxylic acids is 4. The average Bonchev–Trinajstić information content (AvgIpc) is 3.10. The van der Waals surface area contributed by atoms with Gasteiger partial charge in [0, 0.05) is 36.3 Å². The van der Waals surface area contributed by atoms with Gasteiger partial charge in [-0.25, -0.2) is 0 Å². The number of nitrogens with zero attached hydrogens (tertiary/aromatic N) is 1. The van der Waals surface area contributed by atoms with Gasteiger partial charge in [0.2, 0.25) is 17.7 Å². The summed E-state index contributed by atoms with van der Waals surface area (Å²) >= 11 is 0. The van der Waals surface area contributed by atoms with E-state index in [1.165, 1.54) is 4.90 Å². The molecule has 32 heavy (non-hydrogen) atoms. The molecular weight excluding hydrogens is 420 g/mol. The first-order chi connectivity index (χ1) is 15.5. The maximum absolute atomic E-state index is 12.8. The van der Waals surface area contributed by atoms with Crippen LogP contribution < -0.4 is 16.4 Å². The lowest BCUT2D eigenvalue weighted by Crippen LogP contribution is -2.52. The van der Waals surface area contributed by atoms with E-state index in [9.17, 15) is 19.2 Å². The van der Waals surface area contributed by atoms with E-state index in [0.717, 1.165) is 0 Å². The molecule has 1 aromatic rings. The van der Waals surface area contributed by atoms with Gasteiger partial charge in [-0.15, -0.1) is 0 Å². The van der Waals surface area contributed by atoms with Crippen molar-refractivity contribution in [2.75, 3.05) is 51.5 Å². The molecule has 4 amide bonds. The van der Waals surface area contributed by atoms with Crippen LogP contribution in [-0.2, 0) is 35.1 Å². The summed E-state index contributed by atoms with van der Waals surface area (Å²) in [5.41, 5.74) is 6.87. The summed E-state index contributed by atoms with van der Waals surface area (Å²) in [7, 11) is 0. The first kappa shape index (κ1) is 23.8. The molecule has 0 aliphatic carbocycles. The minimum Gasteiger partial charge on any atom is -0.378 e. The Morgan fingerprint density at radius 2 is 1.81 bits per heavy atom. The van der Waals surface area contributed by atoms with Crippen molar-refractivity contribution in [3.05, 3.63) is 29.3 Å². The fraction of sp³-hybridized carbons (Fsp3) is 0.524. The van der Waals surface area contributed by atoms with Gasteiger partial charge in [0.15, 0.2) is 0 Å². The number of anilines is 1. The summed E-state index contributed by atoms with van der Waals surface area (Å²) in [6.45, 7) is 2.41. The molecule has 1 aromatic carbocycles. The third-order valence-corrected chi connectivity index (χ3v) is 5.10. The van der Waals surface area contributed by atoms with E-state index >= 15 is 0 Å². The predicted molar refractivity (Wildman–Crippen MR) is 113 cm³/mol. The van der Waals surface area contributed by atoms with Gasteiger partial charge in [-0.05, 0) is 18.6 Å². The van der Waals surface area contributed by atoms with Crippen molar-refractivity contribution < 1.29 is 33.4 Å². The third-order valence-electron chi connectivity index (χ3n) is 5.10. The summed E-state index contributed by atoms with van der Waals surface area (Å²) in [6, 6.07) is 4.31. The van der Waals surface area contributed by atoms with Crippen LogP contribution in [0.5, 0.6) is 0 Å². The zero-order valence-electron chi connectivity index (χ0n) is 17.8.